The zero-order valence-corrected chi connectivity index (χ0v) is 10.2. The third-order valence-electron chi connectivity index (χ3n) is 2.63. The highest BCUT2D eigenvalue weighted by molar-refractivity contribution is 5.35. The summed E-state index contributed by atoms with van der Waals surface area (Å²) >= 11 is 0. The number of imidazole rings is 1. The summed E-state index contributed by atoms with van der Waals surface area (Å²) in [6, 6.07) is 4.01. The molecule has 16 heavy (non-hydrogen) atoms. The Morgan fingerprint density at radius 3 is 2.31 bits per heavy atom. The minimum absolute atomic E-state index is 0.0878. The fourth-order valence-electron chi connectivity index (χ4n) is 1.79. The SMILES string of the molecule is Cc1ncc(C(C)(C)C)n1-c1ccncc1. The van der Waals surface area contributed by atoms with E-state index in [1.807, 2.05) is 25.3 Å². The molecule has 3 heteroatoms. The van der Waals surface area contributed by atoms with Gasteiger partial charge in [0.2, 0.25) is 0 Å². The van der Waals surface area contributed by atoms with Gasteiger partial charge in [-0.15, -0.1) is 0 Å². The smallest absolute Gasteiger partial charge is 0.110 e. The fraction of sp³-hybridized carbons (Fsp3) is 0.385. The lowest BCUT2D eigenvalue weighted by Gasteiger charge is -2.21. The minimum Gasteiger partial charge on any atom is -0.300 e. The highest BCUT2D eigenvalue weighted by Crippen LogP contribution is 2.25. The molecule has 0 aliphatic rings. The van der Waals surface area contributed by atoms with Crippen molar-refractivity contribution >= 4 is 0 Å². The summed E-state index contributed by atoms with van der Waals surface area (Å²) in [5.74, 6) is 1.01. The summed E-state index contributed by atoms with van der Waals surface area (Å²) in [5, 5.41) is 0. The standard InChI is InChI=1S/C13H17N3/c1-10-15-9-12(13(2,3)4)16(10)11-5-7-14-8-6-11/h5-9H,1-4H3. The number of hydrogen-bond donors (Lipinski definition) is 0. The monoisotopic (exact) mass is 215 g/mol. The van der Waals surface area contributed by atoms with E-state index in [9.17, 15) is 0 Å². The predicted molar refractivity (Wildman–Crippen MR) is 64.8 cm³/mol. The first-order chi connectivity index (χ1) is 7.50. The third kappa shape index (κ3) is 1.85. The molecule has 2 rings (SSSR count). The molecule has 2 aromatic rings. The second kappa shape index (κ2) is 3.74. The van der Waals surface area contributed by atoms with Crippen molar-refractivity contribution in [3.63, 3.8) is 0 Å². The van der Waals surface area contributed by atoms with Crippen molar-refractivity contribution in [1.29, 1.82) is 0 Å². The van der Waals surface area contributed by atoms with Gasteiger partial charge in [-0.2, -0.15) is 0 Å². The Balaban J connectivity index is 2.61. The van der Waals surface area contributed by atoms with E-state index in [2.05, 4.69) is 35.3 Å². The first kappa shape index (κ1) is 10.9. The molecule has 0 radical (unpaired) electrons. The third-order valence-corrected chi connectivity index (χ3v) is 2.63. The van der Waals surface area contributed by atoms with Gasteiger partial charge in [-0.05, 0) is 19.1 Å². The molecule has 0 fully saturated rings. The van der Waals surface area contributed by atoms with Gasteiger partial charge in [0.25, 0.3) is 0 Å². The van der Waals surface area contributed by atoms with Gasteiger partial charge in [0.05, 0.1) is 5.69 Å². The summed E-state index contributed by atoms with van der Waals surface area (Å²) in [6.45, 7) is 8.61. The molecule has 0 unspecified atom stereocenters. The lowest BCUT2D eigenvalue weighted by Crippen LogP contribution is -2.17. The van der Waals surface area contributed by atoms with Gasteiger partial charge in [-0.1, -0.05) is 20.8 Å². The van der Waals surface area contributed by atoms with Crippen molar-refractivity contribution < 1.29 is 0 Å². The maximum absolute atomic E-state index is 4.40. The molecule has 0 aromatic carbocycles. The van der Waals surface area contributed by atoms with Gasteiger partial charge in [0, 0.05) is 29.7 Å². The van der Waals surface area contributed by atoms with Crippen LogP contribution in [0.4, 0.5) is 0 Å². The van der Waals surface area contributed by atoms with Crippen molar-refractivity contribution in [2.75, 3.05) is 0 Å². The van der Waals surface area contributed by atoms with Crippen LogP contribution in [0.25, 0.3) is 5.69 Å². The van der Waals surface area contributed by atoms with Crippen LogP contribution in [0.3, 0.4) is 0 Å². The van der Waals surface area contributed by atoms with Crippen molar-refractivity contribution in [1.82, 2.24) is 14.5 Å². The number of nitrogens with zero attached hydrogens (tertiary/aromatic N) is 3. The summed E-state index contributed by atoms with van der Waals surface area (Å²) < 4.78 is 2.18. The first-order valence-electron chi connectivity index (χ1n) is 5.45. The van der Waals surface area contributed by atoms with Crippen LogP contribution < -0.4 is 0 Å². The average molecular weight is 215 g/mol. The van der Waals surface area contributed by atoms with Crippen LogP contribution in [0.2, 0.25) is 0 Å². The highest BCUT2D eigenvalue weighted by atomic mass is 15.1. The van der Waals surface area contributed by atoms with Gasteiger partial charge in [-0.25, -0.2) is 4.98 Å². The molecule has 3 nitrogen and oxygen atoms in total. The molecule has 0 aliphatic heterocycles. The summed E-state index contributed by atoms with van der Waals surface area (Å²) in [4.78, 5) is 8.45. The zero-order valence-electron chi connectivity index (χ0n) is 10.2. The molecule has 0 bridgehead atoms. The number of pyridine rings is 1. The van der Waals surface area contributed by atoms with Crippen LogP contribution in [-0.2, 0) is 5.41 Å². The van der Waals surface area contributed by atoms with E-state index in [1.165, 1.54) is 5.69 Å². The molecular weight excluding hydrogens is 198 g/mol. The van der Waals surface area contributed by atoms with Gasteiger partial charge in [0.1, 0.15) is 5.82 Å². The maximum Gasteiger partial charge on any atom is 0.110 e. The Bertz CT molecular complexity index is 478. The molecule has 2 heterocycles. The molecule has 0 aliphatic carbocycles. The van der Waals surface area contributed by atoms with Crippen molar-refractivity contribution in [3.8, 4) is 5.69 Å². The maximum atomic E-state index is 4.40. The van der Waals surface area contributed by atoms with Gasteiger partial charge >= 0.3 is 0 Å². The van der Waals surface area contributed by atoms with Crippen molar-refractivity contribution in [3.05, 3.63) is 42.2 Å². The van der Waals surface area contributed by atoms with E-state index in [4.69, 9.17) is 0 Å². The number of aromatic nitrogens is 3. The molecular formula is C13H17N3. The lowest BCUT2D eigenvalue weighted by molar-refractivity contribution is 0.554. The van der Waals surface area contributed by atoms with Crippen LogP contribution in [-0.4, -0.2) is 14.5 Å². The highest BCUT2D eigenvalue weighted by Gasteiger charge is 2.20. The van der Waals surface area contributed by atoms with E-state index in [0.717, 1.165) is 11.5 Å². The van der Waals surface area contributed by atoms with Gasteiger partial charge < -0.3 is 4.57 Å². The molecule has 0 N–H and O–H groups in total. The molecule has 2 aromatic heterocycles. The molecule has 0 amide bonds. The van der Waals surface area contributed by atoms with E-state index < -0.39 is 0 Å². The second-order valence-electron chi connectivity index (χ2n) is 4.98. The fourth-order valence-corrected chi connectivity index (χ4v) is 1.79. The quantitative estimate of drug-likeness (QED) is 0.732. The summed E-state index contributed by atoms with van der Waals surface area (Å²) in [6.07, 6.45) is 5.57. The molecule has 84 valence electrons. The van der Waals surface area contributed by atoms with Crippen LogP contribution in [0.5, 0.6) is 0 Å². The van der Waals surface area contributed by atoms with E-state index in [0.29, 0.717) is 0 Å². The Labute approximate surface area is 96.2 Å². The van der Waals surface area contributed by atoms with Gasteiger partial charge in [0.15, 0.2) is 0 Å². The molecule has 0 saturated heterocycles. The topological polar surface area (TPSA) is 30.7 Å². The van der Waals surface area contributed by atoms with Crippen molar-refractivity contribution in [2.24, 2.45) is 0 Å². The van der Waals surface area contributed by atoms with Crippen LogP contribution in [0.1, 0.15) is 32.3 Å². The van der Waals surface area contributed by atoms with Gasteiger partial charge in [-0.3, -0.25) is 4.98 Å². The Hall–Kier alpha value is -1.64. The normalized spacial score (nSPS) is 11.8. The second-order valence-corrected chi connectivity index (χ2v) is 4.98. The molecule has 0 saturated carbocycles. The Kier molecular flexibility index (Phi) is 2.54. The van der Waals surface area contributed by atoms with E-state index in [1.54, 1.807) is 12.4 Å². The van der Waals surface area contributed by atoms with Crippen LogP contribution in [0, 0.1) is 6.92 Å². The summed E-state index contributed by atoms with van der Waals surface area (Å²) in [5.41, 5.74) is 2.43. The average Bonchev–Trinajstić information content (AvgIpc) is 2.61. The first-order valence-corrected chi connectivity index (χ1v) is 5.45. The van der Waals surface area contributed by atoms with Crippen LogP contribution in [0.15, 0.2) is 30.7 Å². The number of rotatable bonds is 1. The Morgan fingerprint density at radius 1 is 1.12 bits per heavy atom. The Morgan fingerprint density at radius 2 is 1.75 bits per heavy atom. The van der Waals surface area contributed by atoms with Crippen LogP contribution >= 0.6 is 0 Å². The largest absolute Gasteiger partial charge is 0.300 e. The summed E-state index contributed by atoms with van der Waals surface area (Å²) in [7, 11) is 0. The minimum atomic E-state index is 0.0878. The zero-order chi connectivity index (χ0) is 11.8. The van der Waals surface area contributed by atoms with Crippen molar-refractivity contribution in [2.45, 2.75) is 33.1 Å². The predicted octanol–water partition coefficient (Wildman–Crippen LogP) is 2.87. The number of aryl methyl sites for hydroxylation is 1. The van der Waals surface area contributed by atoms with E-state index >= 15 is 0 Å². The molecule has 0 spiro atoms. The lowest BCUT2D eigenvalue weighted by atomic mass is 9.92. The van der Waals surface area contributed by atoms with E-state index in [-0.39, 0.29) is 5.41 Å². The number of hydrogen-bond acceptors (Lipinski definition) is 2. The molecule has 0 atom stereocenters.